The van der Waals surface area contributed by atoms with Crippen molar-refractivity contribution < 1.29 is 9.84 Å². The minimum atomic E-state index is -0.494. The van der Waals surface area contributed by atoms with Gasteiger partial charge in [0.2, 0.25) is 0 Å². The highest BCUT2D eigenvalue weighted by Gasteiger charge is 2.15. The Bertz CT molecular complexity index is 415. The third kappa shape index (κ3) is 5.05. The second-order valence-corrected chi connectivity index (χ2v) is 5.89. The molecular formula is C15H25BrN2O2. The molecule has 0 radical (unpaired) electrons. The van der Waals surface area contributed by atoms with E-state index in [1.165, 1.54) is 5.56 Å². The summed E-state index contributed by atoms with van der Waals surface area (Å²) in [5.41, 5.74) is 2.34. The fourth-order valence-corrected chi connectivity index (χ4v) is 2.64. The molecule has 2 atom stereocenters. The molecule has 0 aromatic heterocycles. The van der Waals surface area contributed by atoms with Gasteiger partial charge in [0.05, 0.1) is 12.7 Å². The molecule has 1 aromatic carbocycles. The van der Waals surface area contributed by atoms with Crippen LogP contribution in [-0.4, -0.2) is 45.1 Å². The summed E-state index contributed by atoms with van der Waals surface area (Å²) in [5, 5.41) is 13.3. The SMILES string of the molecule is CCNC(C)c1ccc(Br)cc1N(C)CC(O)COC. The quantitative estimate of drug-likeness (QED) is 0.760. The number of aliphatic hydroxyl groups excluding tert-OH is 1. The lowest BCUT2D eigenvalue weighted by Gasteiger charge is -2.27. The molecule has 2 N–H and O–H groups in total. The number of aliphatic hydroxyl groups is 1. The van der Waals surface area contributed by atoms with Crippen molar-refractivity contribution in [2.24, 2.45) is 0 Å². The van der Waals surface area contributed by atoms with Crippen LogP contribution in [0.2, 0.25) is 0 Å². The maximum atomic E-state index is 9.89. The lowest BCUT2D eigenvalue weighted by atomic mass is 10.0. The first kappa shape index (κ1) is 17.4. The summed E-state index contributed by atoms with van der Waals surface area (Å²) in [7, 11) is 3.59. The van der Waals surface area contributed by atoms with Crippen LogP contribution in [0.3, 0.4) is 0 Å². The summed E-state index contributed by atoms with van der Waals surface area (Å²) in [6.45, 7) is 6.05. The van der Waals surface area contributed by atoms with Crippen LogP contribution in [0.15, 0.2) is 22.7 Å². The number of ether oxygens (including phenoxy) is 1. The molecule has 5 heteroatoms. The van der Waals surface area contributed by atoms with Crippen molar-refractivity contribution >= 4 is 21.6 Å². The van der Waals surface area contributed by atoms with Gasteiger partial charge in [0.25, 0.3) is 0 Å². The summed E-state index contributed by atoms with van der Waals surface area (Å²) in [4.78, 5) is 2.07. The van der Waals surface area contributed by atoms with Gasteiger partial charge in [-0.15, -0.1) is 0 Å². The minimum absolute atomic E-state index is 0.269. The Labute approximate surface area is 130 Å². The van der Waals surface area contributed by atoms with Gasteiger partial charge in [-0.3, -0.25) is 0 Å². The zero-order chi connectivity index (χ0) is 15.1. The normalized spacial score (nSPS) is 14.1. The molecule has 0 spiro atoms. The average Bonchev–Trinajstić information content (AvgIpc) is 2.38. The number of benzene rings is 1. The van der Waals surface area contributed by atoms with Crippen LogP contribution in [0.4, 0.5) is 5.69 Å². The summed E-state index contributed by atoms with van der Waals surface area (Å²) in [5.74, 6) is 0. The second-order valence-electron chi connectivity index (χ2n) is 4.97. The second kappa shape index (κ2) is 8.62. The summed E-state index contributed by atoms with van der Waals surface area (Å²) in [6, 6.07) is 6.52. The standard InChI is InChI=1S/C15H25BrN2O2/c1-5-17-11(2)14-7-6-12(16)8-15(14)18(3)9-13(19)10-20-4/h6-8,11,13,17,19H,5,9-10H2,1-4H3. The molecule has 1 aromatic rings. The Balaban J connectivity index is 2.93. The van der Waals surface area contributed by atoms with Crippen molar-refractivity contribution in [3.8, 4) is 0 Å². The third-order valence-corrected chi connectivity index (χ3v) is 3.72. The number of anilines is 1. The highest BCUT2D eigenvalue weighted by atomic mass is 79.9. The number of halogens is 1. The Morgan fingerprint density at radius 3 is 2.75 bits per heavy atom. The van der Waals surface area contributed by atoms with Gasteiger partial charge in [-0.1, -0.05) is 28.9 Å². The topological polar surface area (TPSA) is 44.7 Å². The molecule has 0 bridgehead atoms. The number of nitrogens with one attached hydrogen (secondary N) is 1. The summed E-state index contributed by atoms with van der Waals surface area (Å²) >= 11 is 3.52. The molecule has 0 aliphatic carbocycles. The molecule has 1 rings (SSSR count). The molecule has 0 amide bonds. The Hall–Kier alpha value is -0.620. The third-order valence-electron chi connectivity index (χ3n) is 3.22. The number of nitrogens with zero attached hydrogens (tertiary/aromatic N) is 1. The first-order valence-corrected chi connectivity index (χ1v) is 7.69. The van der Waals surface area contributed by atoms with Crippen molar-refractivity contribution in [3.63, 3.8) is 0 Å². The van der Waals surface area contributed by atoms with E-state index in [0.717, 1.165) is 16.7 Å². The van der Waals surface area contributed by atoms with E-state index in [1.54, 1.807) is 7.11 Å². The highest BCUT2D eigenvalue weighted by Crippen LogP contribution is 2.29. The fraction of sp³-hybridized carbons (Fsp3) is 0.600. The van der Waals surface area contributed by atoms with Crippen LogP contribution in [0, 0.1) is 0 Å². The molecule has 0 aliphatic rings. The van der Waals surface area contributed by atoms with Gasteiger partial charge in [-0.05, 0) is 31.2 Å². The van der Waals surface area contributed by atoms with Gasteiger partial charge < -0.3 is 20.1 Å². The Morgan fingerprint density at radius 2 is 2.15 bits per heavy atom. The number of hydrogen-bond donors (Lipinski definition) is 2. The van der Waals surface area contributed by atoms with E-state index in [0.29, 0.717) is 13.2 Å². The van der Waals surface area contributed by atoms with Gasteiger partial charge >= 0.3 is 0 Å². The zero-order valence-corrected chi connectivity index (χ0v) is 14.3. The van der Waals surface area contributed by atoms with Gasteiger partial charge in [-0.2, -0.15) is 0 Å². The lowest BCUT2D eigenvalue weighted by molar-refractivity contribution is 0.0695. The number of methoxy groups -OCH3 is 1. The number of likely N-dealkylation sites (N-methyl/N-ethyl adjacent to an activating group) is 1. The predicted octanol–water partition coefficient (Wildman–Crippen LogP) is 2.56. The van der Waals surface area contributed by atoms with Crippen molar-refractivity contribution in [2.75, 3.05) is 38.8 Å². The average molecular weight is 345 g/mol. The molecule has 20 heavy (non-hydrogen) atoms. The summed E-state index contributed by atoms with van der Waals surface area (Å²) < 4.78 is 6.02. The van der Waals surface area contributed by atoms with E-state index in [2.05, 4.69) is 52.1 Å². The molecular weight excluding hydrogens is 320 g/mol. The van der Waals surface area contributed by atoms with Gasteiger partial charge in [0.15, 0.2) is 0 Å². The van der Waals surface area contributed by atoms with Crippen LogP contribution in [0.1, 0.15) is 25.5 Å². The minimum Gasteiger partial charge on any atom is -0.389 e. The van der Waals surface area contributed by atoms with E-state index in [1.807, 2.05) is 13.1 Å². The van der Waals surface area contributed by atoms with Crippen molar-refractivity contribution in [1.29, 1.82) is 0 Å². The molecule has 2 unspecified atom stereocenters. The largest absolute Gasteiger partial charge is 0.389 e. The Morgan fingerprint density at radius 1 is 1.45 bits per heavy atom. The molecule has 114 valence electrons. The van der Waals surface area contributed by atoms with Gasteiger partial charge in [-0.25, -0.2) is 0 Å². The van der Waals surface area contributed by atoms with Crippen LogP contribution < -0.4 is 10.2 Å². The first-order valence-electron chi connectivity index (χ1n) is 6.90. The molecule has 0 saturated carbocycles. The number of rotatable bonds is 8. The van der Waals surface area contributed by atoms with E-state index in [9.17, 15) is 5.11 Å². The van der Waals surface area contributed by atoms with Crippen molar-refractivity contribution in [1.82, 2.24) is 5.32 Å². The van der Waals surface area contributed by atoms with Gasteiger partial charge in [0.1, 0.15) is 0 Å². The predicted molar refractivity (Wildman–Crippen MR) is 87.4 cm³/mol. The van der Waals surface area contributed by atoms with Crippen LogP contribution in [0.5, 0.6) is 0 Å². The van der Waals surface area contributed by atoms with E-state index in [4.69, 9.17) is 4.74 Å². The molecule has 4 nitrogen and oxygen atoms in total. The van der Waals surface area contributed by atoms with Crippen LogP contribution >= 0.6 is 15.9 Å². The fourth-order valence-electron chi connectivity index (χ4n) is 2.29. The molecule has 0 heterocycles. The smallest absolute Gasteiger partial charge is 0.0947 e. The van der Waals surface area contributed by atoms with Crippen LogP contribution in [-0.2, 0) is 4.74 Å². The maximum absolute atomic E-state index is 9.89. The summed E-state index contributed by atoms with van der Waals surface area (Å²) in [6.07, 6.45) is -0.494. The van der Waals surface area contributed by atoms with Crippen molar-refractivity contribution in [3.05, 3.63) is 28.2 Å². The molecule has 0 fully saturated rings. The molecule has 0 saturated heterocycles. The first-order chi connectivity index (χ1) is 9.49. The highest BCUT2D eigenvalue weighted by molar-refractivity contribution is 9.10. The van der Waals surface area contributed by atoms with E-state index >= 15 is 0 Å². The van der Waals surface area contributed by atoms with Crippen LogP contribution in [0.25, 0.3) is 0 Å². The molecule has 0 aliphatic heterocycles. The van der Waals surface area contributed by atoms with Gasteiger partial charge in [0, 0.05) is 36.9 Å². The van der Waals surface area contributed by atoms with E-state index < -0.39 is 6.10 Å². The Kier molecular flexibility index (Phi) is 7.51. The lowest BCUT2D eigenvalue weighted by Crippen LogP contribution is -2.33. The maximum Gasteiger partial charge on any atom is 0.0947 e. The number of hydrogen-bond acceptors (Lipinski definition) is 4. The monoisotopic (exact) mass is 344 g/mol. The zero-order valence-electron chi connectivity index (χ0n) is 12.7. The van der Waals surface area contributed by atoms with Crippen molar-refractivity contribution in [2.45, 2.75) is 26.0 Å². The van der Waals surface area contributed by atoms with E-state index in [-0.39, 0.29) is 6.04 Å².